The van der Waals surface area contributed by atoms with Crippen LogP contribution in [0.25, 0.3) is 6.08 Å². The first-order valence-corrected chi connectivity index (χ1v) is 4.68. The lowest BCUT2D eigenvalue weighted by Gasteiger charge is -1.94. The number of esters is 1. The van der Waals surface area contributed by atoms with Gasteiger partial charge in [-0.1, -0.05) is 12.1 Å². The van der Waals surface area contributed by atoms with Crippen molar-refractivity contribution in [2.45, 2.75) is 6.92 Å². The van der Waals surface area contributed by atoms with Gasteiger partial charge in [0.2, 0.25) is 0 Å². The van der Waals surface area contributed by atoms with Crippen LogP contribution in [0.5, 0.6) is 0 Å². The second kappa shape index (κ2) is 3.99. The van der Waals surface area contributed by atoms with Gasteiger partial charge in [-0.05, 0) is 23.8 Å². The van der Waals surface area contributed by atoms with E-state index in [0.29, 0.717) is 11.5 Å². The number of hydrogen-bond donors (Lipinski definition) is 0. The first-order valence-electron chi connectivity index (χ1n) is 4.68. The average Bonchev–Trinajstić information content (AvgIpc) is 2.59. The minimum Gasteiger partial charge on any atom is -0.407 e. The van der Waals surface area contributed by atoms with Crippen molar-refractivity contribution in [3.63, 3.8) is 0 Å². The van der Waals surface area contributed by atoms with Crippen molar-refractivity contribution in [2.24, 2.45) is 4.99 Å². The molecule has 1 aromatic rings. The maximum atomic E-state index is 11.3. The number of nitriles is 1. The third kappa shape index (κ3) is 1.98. The van der Waals surface area contributed by atoms with Gasteiger partial charge in [0, 0.05) is 6.92 Å². The molecule has 1 aliphatic heterocycles. The van der Waals surface area contributed by atoms with Gasteiger partial charge < -0.3 is 4.74 Å². The molecular formula is C12H8N2O2. The number of hydrogen-bond acceptors (Lipinski definition) is 4. The third-order valence-corrected chi connectivity index (χ3v) is 2.07. The molecule has 1 aliphatic rings. The van der Waals surface area contributed by atoms with E-state index in [4.69, 9.17) is 10.00 Å². The lowest BCUT2D eigenvalue weighted by atomic mass is 10.1. The summed E-state index contributed by atoms with van der Waals surface area (Å²) in [7, 11) is 0. The topological polar surface area (TPSA) is 62.5 Å². The van der Waals surface area contributed by atoms with Crippen LogP contribution in [0.4, 0.5) is 0 Å². The van der Waals surface area contributed by atoms with E-state index < -0.39 is 5.97 Å². The highest BCUT2D eigenvalue weighted by Gasteiger charge is 2.19. The molecule has 78 valence electrons. The van der Waals surface area contributed by atoms with Crippen LogP contribution in [0.15, 0.2) is 35.0 Å². The van der Waals surface area contributed by atoms with Gasteiger partial charge in [0.05, 0.1) is 11.6 Å². The fourth-order valence-electron chi connectivity index (χ4n) is 1.33. The van der Waals surface area contributed by atoms with Crippen molar-refractivity contribution in [1.82, 2.24) is 0 Å². The molecule has 0 fully saturated rings. The van der Waals surface area contributed by atoms with Gasteiger partial charge in [0.1, 0.15) is 0 Å². The largest absolute Gasteiger partial charge is 0.407 e. The fraction of sp³-hybridized carbons (Fsp3) is 0.0833. The number of cyclic esters (lactones) is 1. The summed E-state index contributed by atoms with van der Waals surface area (Å²) in [4.78, 5) is 15.2. The Bertz CT molecular complexity index is 533. The van der Waals surface area contributed by atoms with E-state index in [1.54, 1.807) is 37.3 Å². The number of nitrogens with zero attached hydrogens (tertiary/aromatic N) is 2. The van der Waals surface area contributed by atoms with Crippen LogP contribution in [0.1, 0.15) is 18.1 Å². The molecule has 1 aromatic carbocycles. The second-order valence-electron chi connectivity index (χ2n) is 3.28. The van der Waals surface area contributed by atoms with E-state index in [9.17, 15) is 4.79 Å². The number of rotatable bonds is 1. The molecule has 0 aliphatic carbocycles. The normalized spacial score (nSPS) is 16.9. The number of aliphatic imine (C=N–C) groups is 1. The Morgan fingerprint density at radius 2 is 2.06 bits per heavy atom. The quantitative estimate of drug-likeness (QED) is 0.527. The molecule has 0 N–H and O–H groups in total. The summed E-state index contributed by atoms with van der Waals surface area (Å²) in [5.74, 6) is -0.0910. The summed E-state index contributed by atoms with van der Waals surface area (Å²) in [5.41, 5.74) is 1.67. The molecule has 0 spiro atoms. The molecule has 16 heavy (non-hydrogen) atoms. The molecule has 0 radical (unpaired) electrons. The van der Waals surface area contributed by atoms with Gasteiger partial charge in [0.25, 0.3) is 0 Å². The minimum atomic E-state index is -0.443. The maximum absolute atomic E-state index is 11.3. The Balaban J connectivity index is 2.30. The third-order valence-electron chi connectivity index (χ3n) is 2.07. The minimum absolute atomic E-state index is 0.280. The highest BCUT2D eigenvalue weighted by atomic mass is 16.6. The SMILES string of the molecule is CC1=N/C(=C\c2ccc(C#N)cc2)C(=O)O1. The van der Waals surface area contributed by atoms with Crippen molar-refractivity contribution in [3.8, 4) is 6.07 Å². The van der Waals surface area contributed by atoms with E-state index in [1.807, 2.05) is 6.07 Å². The molecular weight excluding hydrogens is 204 g/mol. The molecule has 0 amide bonds. The molecule has 0 aromatic heterocycles. The fourth-order valence-corrected chi connectivity index (χ4v) is 1.33. The van der Waals surface area contributed by atoms with Gasteiger partial charge in [-0.25, -0.2) is 9.79 Å². The first-order chi connectivity index (χ1) is 7.69. The Labute approximate surface area is 92.5 Å². The van der Waals surface area contributed by atoms with Crippen LogP contribution in [0.2, 0.25) is 0 Å². The molecule has 0 saturated carbocycles. The maximum Gasteiger partial charge on any atom is 0.363 e. The molecule has 0 saturated heterocycles. The van der Waals surface area contributed by atoms with Crippen LogP contribution < -0.4 is 0 Å². The number of benzene rings is 1. The summed E-state index contributed by atoms with van der Waals surface area (Å²) >= 11 is 0. The van der Waals surface area contributed by atoms with E-state index in [-0.39, 0.29) is 5.70 Å². The Morgan fingerprint density at radius 3 is 2.56 bits per heavy atom. The highest BCUT2D eigenvalue weighted by molar-refractivity contribution is 6.06. The number of carbonyl (C=O) groups is 1. The summed E-state index contributed by atoms with van der Waals surface area (Å²) in [6.45, 7) is 1.62. The van der Waals surface area contributed by atoms with Gasteiger partial charge in [-0.15, -0.1) is 0 Å². The van der Waals surface area contributed by atoms with Crippen molar-refractivity contribution in [3.05, 3.63) is 41.1 Å². The Hall–Kier alpha value is -2.41. The van der Waals surface area contributed by atoms with Gasteiger partial charge in [-0.2, -0.15) is 5.26 Å². The van der Waals surface area contributed by atoms with Gasteiger partial charge >= 0.3 is 5.97 Å². The molecule has 0 unspecified atom stereocenters. The van der Waals surface area contributed by atoms with Crippen LogP contribution in [-0.4, -0.2) is 11.9 Å². The molecule has 0 atom stereocenters. The Kier molecular flexibility index (Phi) is 2.52. The summed E-state index contributed by atoms with van der Waals surface area (Å²) in [6.07, 6.45) is 1.62. The summed E-state index contributed by atoms with van der Waals surface area (Å²) in [6, 6.07) is 8.90. The first kappa shape index (κ1) is 10.1. The van der Waals surface area contributed by atoms with Crippen molar-refractivity contribution >= 4 is 17.9 Å². The van der Waals surface area contributed by atoms with Gasteiger partial charge in [-0.3, -0.25) is 0 Å². The zero-order valence-corrected chi connectivity index (χ0v) is 8.60. The van der Waals surface area contributed by atoms with E-state index in [0.717, 1.165) is 5.56 Å². The van der Waals surface area contributed by atoms with Crippen molar-refractivity contribution in [2.75, 3.05) is 0 Å². The molecule has 1 heterocycles. The van der Waals surface area contributed by atoms with Crippen LogP contribution >= 0.6 is 0 Å². The summed E-state index contributed by atoms with van der Waals surface area (Å²) < 4.78 is 4.78. The van der Waals surface area contributed by atoms with Crippen LogP contribution in [0, 0.1) is 11.3 Å². The number of ether oxygens (including phenoxy) is 1. The van der Waals surface area contributed by atoms with E-state index in [1.165, 1.54) is 0 Å². The van der Waals surface area contributed by atoms with Crippen LogP contribution in [0.3, 0.4) is 0 Å². The predicted octanol–water partition coefficient (Wildman–Crippen LogP) is 1.87. The zero-order valence-electron chi connectivity index (χ0n) is 8.60. The lowest BCUT2D eigenvalue weighted by molar-refractivity contribution is -0.130. The standard InChI is InChI=1S/C12H8N2O2/c1-8-14-11(12(15)16-8)6-9-2-4-10(7-13)5-3-9/h2-6H,1H3/b11-6-. The molecule has 2 rings (SSSR count). The zero-order chi connectivity index (χ0) is 11.5. The monoisotopic (exact) mass is 212 g/mol. The summed E-state index contributed by atoms with van der Waals surface area (Å²) in [5, 5.41) is 8.63. The smallest absolute Gasteiger partial charge is 0.363 e. The van der Waals surface area contributed by atoms with E-state index in [2.05, 4.69) is 4.99 Å². The van der Waals surface area contributed by atoms with Crippen LogP contribution in [-0.2, 0) is 9.53 Å². The van der Waals surface area contributed by atoms with E-state index >= 15 is 0 Å². The predicted molar refractivity (Wildman–Crippen MR) is 58.3 cm³/mol. The molecule has 0 bridgehead atoms. The lowest BCUT2D eigenvalue weighted by Crippen LogP contribution is -1.99. The second-order valence-corrected chi connectivity index (χ2v) is 3.28. The highest BCUT2D eigenvalue weighted by Crippen LogP contribution is 2.15. The average molecular weight is 212 g/mol. The molecule has 4 heteroatoms. The van der Waals surface area contributed by atoms with Crippen molar-refractivity contribution < 1.29 is 9.53 Å². The number of carbonyl (C=O) groups excluding carboxylic acids is 1. The Morgan fingerprint density at radius 1 is 1.38 bits per heavy atom. The van der Waals surface area contributed by atoms with Gasteiger partial charge in [0.15, 0.2) is 11.6 Å². The van der Waals surface area contributed by atoms with Crippen molar-refractivity contribution in [1.29, 1.82) is 5.26 Å². The molecule has 4 nitrogen and oxygen atoms in total.